The van der Waals surface area contributed by atoms with Gasteiger partial charge in [0.15, 0.2) is 0 Å². The molecule has 1 atom stereocenters. The molecule has 2 aromatic rings. The molecule has 0 saturated carbocycles. The maximum absolute atomic E-state index is 4.11. The molecule has 19 heavy (non-hydrogen) atoms. The van der Waals surface area contributed by atoms with Crippen LogP contribution in [0.5, 0.6) is 0 Å². The third kappa shape index (κ3) is 4.17. The average molecular weight is 258 g/mol. The predicted molar refractivity (Wildman–Crippen MR) is 77.1 cm³/mol. The SMILES string of the molecule is CC(C)NCC(C)c1ccc(Cn2cncn2)cc1. The topological polar surface area (TPSA) is 42.7 Å². The van der Waals surface area contributed by atoms with E-state index >= 15 is 0 Å². The standard InChI is InChI=1S/C15H22N4/c1-12(2)17-8-13(3)15-6-4-14(5-7-15)9-19-11-16-10-18-19/h4-7,10-13,17H,8-9H2,1-3H3. The van der Waals surface area contributed by atoms with E-state index < -0.39 is 0 Å². The second kappa shape index (κ2) is 6.48. The maximum Gasteiger partial charge on any atom is 0.137 e. The minimum atomic E-state index is 0.530. The predicted octanol–water partition coefficient (Wildman–Crippen LogP) is 2.43. The van der Waals surface area contributed by atoms with Gasteiger partial charge < -0.3 is 5.32 Å². The molecule has 0 saturated heterocycles. The third-order valence-electron chi connectivity index (χ3n) is 3.19. The largest absolute Gasteiger partial charge is 0.314 e. The molecular formula is C15H22N4. The van der Waals surface area contributed by atoms with Crippen molar-refractivity contribution in [3.05, 3.63) is 48.0 Å². The lowest BCUT2D eigenvalue weighted by atomic mass is 9.99. The highest BCUT2D eigenvalue weighted by Gasteiger charge is 2.06. The van der Waals surface area contributed by atoms with Gasteiger partial charge in [-0.2, -0.15) is 5.10 Å². The van der Waals surface area contributed by atoms with E-state index in [0.717, 1.165) is 13.1 Å². The summed E-state index contributed by atoms with van der Waals surface area (Å²) in [5, 5.41) is 7.59. The molecular weight excluding hydrogens is 236 g/mol. The fraction of sp³-hybridized carbons (Fsp3) is 0.467. The number of aromatic nitrogens is 3. The van der Waals surface area contributed by atoms with Gasteiger partial charge in [0.2, 0.25) is 0 Å². The number of nitrogens with zero attached hydrogens (tertiary/aromatic N) is 3. The number of hydrogen-bond acceptors (Lipinski definition) is 3. The molecule has 2 rings (SSSR count). The Bertz CT molecular complexity index is 473. The summed E-state index contributed by atoms with van der Waals surface area (Å²) in [6.07, 6.45) is 3.30. The van der Waals surface area contributed by atoms with Crippen LogP contribution in [0.1, 0.15) is 37.8 Å². The highest BCUT2D eigenvalue weighted by Crippen LogP contribution is 2.15. The summed E-state index contributed by atoms with van der Waals surface area (Å²) >= 11 is 0. The summed E-state index contributed by atoms with van der Waals surface area (Å²) in [4.78, 5) is 3.95. The van der Waals surface area contributed by atoms with Crippen LogP contribution in [0.15, 0.2) is 36.9 Å². The first kappa shape index (κ1) is 13.7. The summed E-state index contributed by atoms with van der Waals surface area (Å²) in [5.74, 6) is 0.530. The molecule has 1 unspecified atom stereocenters. The second-order valence-corrected chi connectivity index (χ2v) is 5.30. The molecule has 1 heterocycles. The van der Waals surface area contributed by atoms with Crippen LogP contribution in [0.4, 0.5) is 0 Å². The molecule has 0 aliphatic heterocycles. The van der Waals surface area contributed by atoms with Gasteiger partial charge in [0.25, 0.3) is 0 Å². The van der Waals surface area contributed by atoms with Crippen LogP contribution in [0.2, 0.25) is 0 Å². The lowest BCUT2D eigenvalue weighted by molar-refractivity contribution is 0.548. The molecule has 1 aromatic carbocycles. The number of hydrogen-bond donors (Lipinski definition) is 1. The van der Waals surface area contributed by atoms with Crippen molar-refractivity contribution < 1.29 is 0 Å². The Labute approximate surface area is 114 Å². The Morgan fingerprint density at radius 1 is 1.16 bits per heavy atom. The molecule has 0 aliphatic carbocycles. The van der Waals surface area contributed by atoms with Gasteiger partial charge in [-0.3, -0.25) is 0 Å². The van der Waals surface area contributed by atoms with Gasteiger partial charge in [0, 0.05) is 12.6 Å². The summed E-state index contributed by atoms with van der Waals surface area (Å²) < 4.78 is 1.83. The van der Waals surface area contributed by atoms with E-state index in [0.29, 0.717) is 12.0 Å². The minimum Gasteiger partial charge on any atom is -0.314 e. The summed E-state index contributed by atoms with van der Waals surface area (Å²) in [5.41, 5.74) is 2.62. The Kier molecular flexibility index (Phi) is 4.68. The molecule has 0 amide bonds. The fourth-order valence-corrected chi connectivity index (χ4v) is 1.98. The first-order chi connectivity index (χ1) is 9.15. The van der Waals surface area contributed by atoms with E-state index in [1.807, 2.05) is 4.68 Å². The fourth-order valence-electron chi connectivity index (χ4n) is 1.98. The summed E-state index contributed by atoms with van der Waals surface area (Å²) in [6.45, 7) is 8.39. The maximum atomic E-state index is 4.11. The minimum absolute atomic E-state index is 0.530. The number of benzene rings is 1. The molecule has 4 nitrogen and oxygen atoms in total. The van der Waals surface area contributed by atoms with E-state index in [2.05, 4.69) is 60.4 Å². The normalized spacial score (nSPS) is 12.8. The van der Waals surface area contributed by atoms with Gasteiger partial charge >= 0.3 is 0 Å². The molecule has 0 aliphatic rings. The van der Waals surface area contributed by atoms with Crippen LogP contribution in [0.3, 0.4) is 0 Å². The van der Waals surface area contributed by atoms with Gasteiger partial charge in [-0.15, -0.1) is 0 Å². The first-order valence-electron chi connectivity index (χ1n) is 6.80. The van der Waals surface area contributed by atoms with Gasteiger partial charge in [-0.1, -0.05) is 45.0 Å². The van der Waals surface area contributed by atoms with Gasteiger partial charge in [-0.25, -0.2) is 9.67 Å². The molecule has 0 fully saturated rings. The Morgan fingerprint density at radius 3 is 2.47 bits per heavy atom. The summed E-state index contributed by atoms with van der Waals surface area (Å²) in [7, 11) is 0. The van der Waals surface area contributed by atoms with Crippen molar-refractivity contribution in [2.45, 2.75) is 39.3 Å². The number of rotatable bonds is 6. The average Bonchev–Trinajstić information content (AvgIpc) is 2.89. The van der Waals surface area contributed by atoms with E-state index in [4.69, 9.17) is 0 Å². The Morgan fingerprint density at radius 2 is 1.89 bits per heavy atom. The van der Waals surface area contributed by atoms with E-state index in [-0.39, 0.29) is 0 Å². The van der Waals surface area contributed by atoms with Crippen LogP contribution in [0.25, 0.3) is 0 Å². The Hall–Kier alpha value is -1.68. The smallest absolute Gasteiger partial charge is 0.137 e. The lowest BCUT2D eigenvalue weighted by Crippen LogP contribution is -2.26. The van der Waals surface area contributed by atoms with Crippen LogP contribution >= 0.6 is 0 Å². The number of nitrogens with one attached hydrogen (secondary N) is 1. The zero-order chi connectivity index (χ0) is 13.7. The zero-order valence-corrected chi connectivity index (χ0v) is 11.9. The molecule has 1 aromatic heterocycles. The van der Waals surface area contributed by atoms with Crippen molar-refractivity contribution in [1.29, 1.82) is 0 Å². The van der Waals surface area contributed by atoms with E-state index in [9.17, 15) is 0 Å². The highest BCUT2D eigenvalue weighted by molar-refractivity contribution is 5.25. The molecule has 1 N–H and O–H groups in total. The van der Waals surface area contributed by atoms with Crippen LogP contribution in [-0.2, 0) is 6.54 Å². The van der Waals surface area contributed by atoms with Gasteiger partial charge in [-0.05, 0) is 17.0 Å². The lowest BCUT2D eigenvalue weighted by Gasteiger charge is -2.15. The van der Waals surface area contributed by atoms with Crippen molar-refractivity contribution in [3.63, 3.8) is 0 Å². The van der Waals surface area contributed by atoms with E-state index in [1.165, 1.54) is 11.1 Å². The van der Waals surface area contributed by atoms with Crippen molar-refractivity contribution in [3.8, 4) is 0 Å². The quantitative estimate of drug-likeness (QED) is 0.865. The zero-order valence-electron chi connectivity index (χ0n) is 11.9. The molecule has 0 spiro atoms. The second-order valence-electron chi connectivity index (χ2n) is 5.30. The highest BCUT2D eigenvalue weighted by atomic mass is 15.3. The summed E-state index contributed by atoms with van der Waals surface area (Å²) in [6, 6.07) is 9.29. The van der Waals surface area contributed by atoms with Gasteiger partial charge in [0.1, 0.15) is 12.7 Å². The van der Waals surface area contributed by atoms with Crippen LogP contribution < -0.4 is 5.32 Å². The monoisotopic (exact) mass is 258 g/mol. The van der Waals surface area contributed by atoms with E-state index in [1.54, 1.807) is 12.7 Å². The van der Waals surface area contributed by atoms with Crippen molar-refractivity contribution in [1.82, 2.24) is 20.1 Å². The van der Waals surface area contributed by atoms with Gasteiger partial charge in [0.05, 0.1) is 6.54 Å². The Balaban J connectivity index is 1.94. The van der Waals surface area contributed by atoms with Crippen LogP contribution in [0, 0.1) is 0 Å². The molecule has 0 bridgehead atoms. The molecule has 102 valence electrons. The van der Waals surface area contributed by atoms with Crippen molar-refractivity contribution in [2.24, 2.45) is 0 Å². The molecule has 0 radical (unpaired) electrons. The molecule has 4 heteroatoms. The van der Waals surface area contributed by atoms with Crippen molar-refractivity contribution in [2.75, 3.05) is 6.54 Å². The van der Waals surface area contributed by atoms with Crippen molar-refractivity contribution >= 4 is 0 Å². The first-order valence-corrected chi connectivity index (χ1v) is 6.80. The third-order valence-corrected chi connectivity index (χ3v) is 3.19. The van der Waals surface area contributed by atoms with Crippen LogP contribution in [-0.4, -0.2) is 27.4 Å².